The van der Waals surface area contributed by atoms with Crippen LogP contribution in [0.2, 0.25) is 0 Å². The summed E-state index contributed by atoms with van der Waals surface area (Å²) < 4.78 is 6.02. The van der Waals surface area contributed by atoms with E-state index in [0.29, 0.717) is 17.6 Å². The van der Waals surface area contributed by atoms with Gasteiger partial charge in [-0.15, -0.1) is 11.3 Å². The van der Waals surface area contributed by atoms with Gasteiger partial charge in [0.15, 0.2) is 5.16 Å². The molecule has 4 heterocycles. The number of ether oxygens (including phenoxy) is 1. The lowest BCUT2D eigenvalue weighted by molar-refractivity contribution is -0.129. The Morgan fingerprint density at radius 3 is 2.72 bits per heavy atom. The smallest absolute Gasteiger partial charge is 0.232 e. The van der Waals surface area contributed by atoms with Crippen molar-refractivity contribution in [2.45, 2.75) is 81.0 Å². The lowest BCUT2D eigenvalue weighted by Gasteiger charge is -2.30. The summed E-state index contributed by atoms with van der Waals surface area (Å²) >= 11 is 4.98. The Morgan fingerprint density at radius 1 is 1.24 bits per heavy atom. The average Bonchev–Trinajstić information content (AvgIpc) is 3.02. The second kappa shape index (κ2) is 8.73. The largest absolute Gasteiger partial charge is 0.370 e. The summed E-state index contributed by atoms with van der Waals surface area (Å²) in [6, 6.07) is 0. The highest BCUT2D eigenvalue weighted by molar-refractivity contribution is 8.00. The quantitative estimate of drug-likeness (QED) is 0.356. The Kier molecular flexibility index (Phi) is 6.44. The number of amides is 1. The summed E-state index contributed by atoms with van der Waals surface area (Å²) in [5.41, 5.74) is 1.13. The maximum Gasteiger partial charge on any atom is 0.232 e. The van der Waals surface area contributed by atoms with Crippen LogP contribution in [0.15, 0.2) is 10.2 Å². The van der Waals surface area contributed by atoms with E-state index in [4.69, 9.17) is 14.7 Å². The van der Waals surface area contributed by atoms with Crippen LogP contribution in [0.1, 0.15) is 57.4 Å². The second-order valence-corrected chi connectivity index (χ2v) is 12.2. The number of aromatic nitrogens is 2. The van der Waals surface area contributed by atoms with Crippen LogP contribution in [0, 0.1) is 0 Å². The predicted octanol–water partition coefficient (Wildman–Crippen LogP) is 5.15. The molecule has 2 aromatic rings. The molecule has 158 valence electrons. The molecule has 0 atom stereocenters. The van der Waals surface area contributed by atoms with Crippen molar-refractivity contribution in [2.24, 2.45) is 0 Å². The molecule has 0 spiro atoms. The van der Waals surface area contributed by atoms with Crippen LogP contribution in [0.3, 0.4) is 0 Å². The molecule has 2 aliphatic rings. The lowest BCUT2D eigenvalue weighted by atomic mass is 9.95. The summed E-state index contributed by atoms with van der Waals surface area (Å²) in [7, 11) is 0. The molecule has 0 saturated carbocycles. The van der Waals surface area contributed by atoms with Crippen LogP contribution in [0.5, 0.6) is 0 Å². The highest BCUT2D eigenvalue weighted by Crippen LogP contribution is 2.42. The zero-order valence-corrected chi connectivity index (χ0v) is 20.1. The number of rotatable bonds is 5. The van der Waals surface area contributed by atoms with Gasteiger partial charge in [0.1, 0.15) is 9.86 Å². The van der Waals surface area contributed by atoms with Crippen LogP contribution in [0.4, 0.5) is 0 Å². The molecule has 1 amide bonds. The number of carbonyl (C=O) groups excluding carboxylic acids is 1. The van der Waals surface area contributed by atoms with Crippen molar-refractivity contribution in [1.29, 1.82) is 0 Å². The number of thiophene rings is 1. The minimum atomic E-state index is -0.183. The monoisotopic (exact) mass is 451 g/mol. The van der Waals surface area contributed by atoms with E-state index in [1.807, 2.05) is 4.90 Å². The molecular weight excluding hydrogens is 422 g/mol. The number of likely N-dealkylation sites (tertiary alicyclic amines) is 1. The topological polar surface area (TPSA) is 55.3 Å². The minimum absolute atomic E-state index is 0.183. The van der Waals surface area contributed by atoms with Gasteiger partial charge in [0.25, 0.3) is 0 Å². The van der Waals surface area contributed by atoms with Gasteiger partial charge in [-0.1, -0.05) is 37.4 Å². The van der Waals surface area contributed by atoms with E-state index < -0.39 is 0 Å². The van der Waals surface area contributed by atoms with Gasteiger partial charge >= 0.3 is 0 Å². The molecule has 0 radical (unpaired) electrons. The third-order valence-corrected chi connectivity index (χ3v) is 8.18. The first-order chi connectivity index (χ1) is 13.8. The van der Waals surface area contributed by atoms with Crippen LogP contribution in [-0.4, -0.2) is 50.5 Å². The van der Waals surface area contributed by atoms with Crippen molar-refractivity contribution in [3.63, 3.8) is 0 Å². The molecule has 4 rings (SSSR count). The summed E-state index contributed by atoms with van der Waals surface area (Å²) in [5, 5.41) is 3.32. The van der Waals surface area contributed by atoms with Crippen molar-refractivity contribution in [1.82, 2.24) is 14.9 Å². The zero-order valence-electron chi connectivity index (χ0n) is 17.6. The molecule has 1 fully saturated rings. The number of hydrogen-bond acceptors (Lipinski definition) is 7. The van der Waals surface area contributed by atoms with Gasteiger partial charge in [-0.25, -0.2) is 9.97 Å². The molecule has 29 heavy (non-hydrogen) atoms. The molecule has 2 aliphatic heterocycles. The fraction of sp³-hybridized carbons (Fsp3) is 0.667. The van der Waals surface area contributed by atoms with E-state index in [9.17, 15) is 4.79 Å². The van der Waals surface area contributed by atoms with E-state index >= 15 is 0 Å². The van der Waals surface area contributed by atoms with E-state index in [1.54, 1.807) is 34.9 Å². The van der Waals surface area contributed by atoms with E-state index in [2.05, 4.69) is 27.7 Å². The number of fused-ring (bicyclic) bond motifs is 3. The summed E-state index contributed by atoms with van der Waals surface area (Å²) in [6.07, 6.45) is 4.33. The van der Waals surface area contributed by atoms with Crippen LogP contribution < -0.4 is 0 Å². The molecule has 1 saturated heterocycles. The molecule has 0 bridgehead atoms. The Morgan fingerprint density at radius 2 is 2.00 bits per heavy atom. The molecule has 8 heteroatoms. The third kappa shape index (κ3) is 4.92. The molecule has 5 nitrogen and oxygen atoms in total. The van der Waals surface area contributed by atoms with Gasteiger partial charge in [0.05, 0.1) is 18.0 Å². The fourth-order valence-corrected chi connectivity index (χ4v) is 6.78. The number of piperidine rings is 1. The lowest BCUT2D eigenvalue weighted by Crippen LogP contribution is -2.36. The number of hydrogen-bond donors (Lipinski definition) is 0. The van der Waals surface area contributed by atoms with Crippen molar-refractivity contribution in [3.05, 3.63) is 10.4 Å². The molecule has 2 aromatic heterocycles. The second-order valence-electron chi connectivity index (χ2n) is 8.62. The van der Waals surface area contributed by atoms with Gasteiger partial charge in [0.2, 0.25) is 5.91 Å². The SMILES string of the molecule is CC(C)Sc1nc(SCC(=O)N2CCCCC2)c2c3c(sc2n1)COC(C)(C)C3. The van der Waals surface area contributed by atoms with Gasteiger partial charge < -0.3 is 9.64 Å². The minimum Gasteiger partial charge on any atom is -0.370 e. The first kappa shape index (κ1) is 21.4. The Bertz CT molecular complexity index is 904. The average molecular weight is 452 g/mol. The summed E-state index contributed by atoms with van der Waals surface area (Å²) in [6.45, 7) is 11.0. The van der Waals surface area contributed by atoms with Crippen molar-refractivity contribution >= 4 is 51.0 Å². The van der Waals surface area contributed by atoms with Gasteiger partial charge in [0, 0.05) is 35.0 Å². The highest BCUT2D eigenvalue weighted by Gasteiger charge is 2.31. The summed E-state index contributed by atoms with van der Waals surface area (Å²) in [4.78, 5) is 26.8. The molecule has 0 unspecified atom stereocenters. The van der Waals surface area contributed by atoms with Crippen LogP contribution >= 0.6 is 34.9 Å². The first-order valence-corrected chi connectivity index (χ1v) is 13.0. The van der Waals surface area contributed by atoms with E-state index in [-0.39, 0.29) is 11.5 Å². The maximum atomic E-state index is 12.7. The Labute approximate surface area is 185 Å². The van der Waals surface area contributed by atoms with Gasteiger partial charge in [-0.3, -0.25) is 4.79 Å². The number of thioether (sulfide) groups is 2. The Hall–Kier alpha value is -0.830. The maximum absolute atomic E-state index is 12.7. The third-order valence-electron chi connectivity index (χ3n) is 5.26. The normalized spacial score (nSPS) is 19.0. The van der Waals surface area contributed by atoms with E-state index in [1.165, 1.54) is 16.9 Å². The van der Waals surface area contributed by atoms with Crippen LogP contribution in [0.25, 0.3) is 10.2 Å². The van der Waals surface area contributed by atoms with Crippen molar-refractivity contribution in [2.75, 3.05) is 18.8 Å². The van der Waals surface area contributed by atoms with Crippen LogP contribution in [-0.2, 0) is 22.6 Å². The van der Waals surface area contributed by atoms with Gasteiger partial charge in [-0.2, -0.15) is 0 Å². The first-order valence-electron chi connectivity index (χ1n) is 10.4. The zero-order chi connectivity index (χ0) is 20.6. The summed E-state index contributed by atoms with van der Waals surface area (Å²) in [5.74, 6) is 0.676. The Balaban J connectivity index is 1.66. The van der Waals surface area contributed by atoms with Crippen molar-refractivity contribution < 1.29 is 9.53 Å². The van der Waals surface area contributed by atoms with E-state index in [0.717, 1.165) is 52.8 Å². The molecule has 0 aromatic carbocycles. The van der Waals surface area contributed by atoms with Gasteiger partial charge in [-0.05, 0) is 38.7 Å². The number of nitrogens with zero attached hydrogens (tertiary/aromatic N) is 3. The molecular formula is C21H29N3O2S3. The molecule has 0 N–H and O–H groups in total. The number of carbonyl (C=O) groups is 1. The standard InChI is InChI=1S/C21H29N3O2S3/c1-13(2)28-20-22-18(27-12-16(25)24-8-6-5-7-9-24)17-14-10-21(3,4)26-11-15(14)29-19(17)23-20/h13H,5-12H2,1-4H3. The fourth-order valence-electron chi connectivity index (χ4n) is 3.83. The highest BCUT2D eigenvalue weighted by atomic mass is 32.2. The molecule has 0 aliphatic carbocycles. The predicted molar refractivity (Wildman–Crippen MR) is 122 cm³/mol. The van der Waals surface area contributed by atoms with Crippen molar-refractivity contribution in [3.8, 4) is 0 Å².